The van der Waals surface area contributed by atoms with Crippen LogP contribution in [0.25, 0.3) is 66.2 Å². The van der Waals surface area contributed by atoms with E-state index in [0.29, 0.717) is 66.2 Å². The maximum absolute atomic E-state index is 11.8. The highest BCUT2D eigenvalue weighted by Crippen LogP contribution is 2.72. The van der Waals surface area contributed by atoms with Gasteiger partial charge in [0.2, 0.25) is 44.2 Å². The number of aryl methyl sites for hydroxylation is 6. The summed E-state index contributed by atoms with van der Waals surface area (Å²) in [6.45, 7) is 12.4. The number of hydrogen-bond donors (Lipinski definition) is 22. The van der Waals surface area contributed by atoms with Crippen LogP contribution in [0.2, 0.25) is 0 Å². The van der Waals surface area contributed by atoms with Crippen molar-refractivity contribution in [2.45, 2.75) is 112 Å². The topological polar surface area (TPSA) is 757 Å². The monoisotopic (exact) mass is 1970 g/mol. The number of benzene rings is 6. The van der Waals surface area contributed by atoms with E-state index in [0.717, 1.165) is 73.4 Å². The van der Waals surface area contributed by atoms with Gasteiger partial charge in [-0.1, -0.05) is 54.6 Å². The van der Waals surface area contributed by atoms with E-state index in [-0.39, 0.29) is 13.1 Å². The van der Waals surface area contributed by atoms with Gasteiger partial charge in [-0.2, -0.15) is 0 Å². The fourth-order valence-electron chi connectivity index (χ4n) is 12.3. The van der Waals surface area contributed by atoms with Crippen LogP contribution in [0.1, 0.15) is 33.4 Å². The molecular weight excluding hydrogens is 1880 g/mol. The molecule has 0 radical (unpaired) electrons. The van der Waals surface area contributed by atoms with Gasteiger partial charge in [0.05, 0.1) is 130 Å². The van der Waals surface area contributed by atoms with Crippen LogP contribution in [0.15, 0.2) is 147 Å². The summed E-state index contributed by atoms with van der Waals surface area (Å²) in [5.74, 6) is 0. The van der Waals surface area contributed by atoms with Gasteiger partial charge in [-0.15, -0.1) is 0 Å². The molecule has 12 rings (SSSR count). The normalized spacial score (nSPS) is 18.0. The zero-order valence-corrected chi connectivity index (χ0v) is 78.5. The summed E-state index contributed by atoms with van der Waals surface area (Å²) in [4.78, 5) is 193. The predicted octanol–water partition coefficient (Wildman–Crippen LogP) is 7.77. The fourth-order valence-corrected chi connectivity index (χ4v) is 29.2. The smallest absolute Gasteiger partial charge is 0.368 e. The molecular formula is C66H96N12O34P12. The number of imidazole rings is 6. The Morgan fingerprint density at radius 3 is 0.935 bits per heavy atom. The third-order valence-corrected chi connectivity index (χ3v) is 46.1. The van der Waals surface area contributed by atoms with Crippen LogP contribution in [0.3, 0.4) is 0 Å². The van der Waals surface area contributed by atoms with Crippen molar-refractivity contribution in [3.8, 4) is 0 Å². The van der Waals surface area contributed by atoms with Crippen molar-refractivity contribution in [1.82, 2.24) is 57.3 Å². The Hall–Kier alpha value is -5.98. The van der Waals surface area contributed by atoms with Gasteiger partial charge in [-0.05, 0) is 130 Å². The maximum Gasteiger partial charge on any atom is 0.368 e. The van der Waals surface area contributed by atoms with Crippen molar-refractivity contribution < 1.29 is 163 Å². The molecule has 12 atom stereocenters. The van der Waals surface area contributed by atoms with Gasteiger partial charge in [0.1, 0.15) is 0 Å². The van der Waals surface area contributed by atoms with Crippen LogP contribution < -0.4 is 0 Å². The van der Waals surface area contributed by atoms with E-state index in [2.05, 4.69) is 29.9 Å². The molecule has 0 amide bonds. The first kappa shape index (κ1) is 105. The van der Waals surface area contributed by atoms with Gasteiger partial charge in [0, 0.05) is 53.1 Å². The zero-order valence-electron chi connectivity index (χ0n) is 67.7. The third-order valence-electron chi connectivity index (χ3n) is 19.5. The molecule has 6 aromatic heterocycles. The molecule has 58 heteroatoms. The molecule has 0 spiro atoms. The summed E-state index contributed by atoms with van der Waals surface area (Å²) in [7, 11) is -56.2. The number of aromatic nitrogens is 12. The van der Waals surface area contributed by atoms with Crippen molar-refractivity contribution in [2.24, 2.45) is 0 Å². The van der Waals surface area contributed by atoms with Gasteiger partial charge in [-0.25, -0.2) is 29.9 Å². The standard InChI is InChI=1S/4C11H16N2O6P2.2C11H16N2O5P2/c1-8-3-4-10-9(5-8)12-7-13(10)6-11(14,20(2,15)16)21(17,18)19;1-8-3-4-9-10(5-8)13(7-12-9)6-11(14,20(2,15)16)21(17,18)19;1-8-4-3-5-9-10(8)12-7-13(9)6-11(14,20(2,15)16)21(17,18)19;1-8-4-3-5-9-10(8)13(7-12-9)6-11(14,20(2,15)16)21(17,18)19;1-8-3-4-10-9(5-8)12-7-13(10)6-11(19(2,14)15)20(16,17)18;1-8-4-3-5-9-11(8)12-7-13(9)6-10(19(2,14)15)20(16,17)18/h4*3-5,7,14H,6H2,1-2H3,(H,15,16)(H2,17,18,19);3-5,7,11H,6H2,1-2H3,(H,14,15)(H2,16,17,18);3-5,7,10H,6H2,1-2H3,(H,14,15)(H2,16,17,18). The van der Waals surface area contributed by atoms with Crippen LogP contribution >= 0.6 is 89.8 Å². The first-order chi connectivity index (χ1) is 56.0. The van der Waals surface area contributed by atoms with E-state index in [9.17, 15) is 163 Å². The highest BCUT2D eigenvalue weighted by atomic mass is 31.3. The fraction of sp³-hybridized carbons (Fsp3) is 0.364. The second-order valence-electron chi connectivity index (χ2n) is 29.9. The molecule has 0 aliphatic carbocycles. The minimum absolute atomic E-state index is 0.255. The quantitative estimate of drug-likeness (QED) is 0.0257. The van der Waals surface area contributed by atoms with Crippen LogP contribution in [-0.4, -0.2) is 237 Å². The molecule has 0 aliphatic rings. The number of hydrogen-bond acceptors (Lipinski definition) is 22. The van der Waals surface area contributed by atoms with Gasteiger partial charge < -0.3 is 136 Å². The average Bonchev–Trinajstić information content (AvgIpc) is 1.78. The van der Waals surface area contributed by atoms with Crippen molar-refractivity contribution in [3.63, 3.8) is 0 Å². The SMILES string of the molecule is Cc1ccc2c(c1)ncn2CC(O)(P(C)(=O)O)P(=O)(O)O.Cc1ccc2c(c1)ncn2CC(P(C)(=O)O)P(=O)(O)O.Cc1ccc2ncn(CC(O)(P(C)(=O)O)P(=O)(O)O)c2c1.Cc1cccc2c1ncn2CC(O)(P(C)(=O)O)P(=O)(O)O.Cc1cccc2c1ncn2CC(P(C)(=O)O)P(=O)(O)O.Cc1cccc2ncn(CC(O)(P(C)(=O)O)P(=O)(O)O)c12. The summed E-state index contributed by atoms with van der Waals surface area (Å²) in [6.07, 6.45) is 7.92. The summed E-state index contributed by atoms with van der Waals surface area (Å²) in [6, 6.07) is 31.7. The number of para-hydroxylation sites is 3. The van der Waals surface area contributed by atoms with Crippen molar-refractivity contribution >= 4 is 156 Å². The van der Waals surface area contributed by atoms with Gasteiger partial charge in [0.15, 0.2) is 10.8 Å². The Labute approximate surface area is 705 Å². The van der Waals surface area contributed by atoms with E-state index >= 15 is 0 Å². The molecule has 12 aromatic rings. The van der Waals surface area contributed by atoms with Crippen molar-refractivity contribution in [3.05, 3.63) is 181 Å². The molecule has 12 unspecified atom stereocenters. The van der Waals surface area contributed by atoms with Crippen molar-refractivity contribution in [1.29, 1.82) is 0 Å². The van der Waals surface area contributed by atoms with E-state index in [1.54, 1.807) is 85.8 Å². The molecule has 124 heavy (non-hydrogen) atoms. The molecule has 0 saturated carbocycles. The predicted molar refractivity (Wildman–Crippen MR) is 461 cm³/mol. The van der Waals surface area contributed by atoms with Gasteiger partial charge in [-0.3, -0.25) is 54.8 Å². The number of nitrogens with zero attached hydrogens (tertiary/aromatic N) is 12. The van der Waals surface area contributed by atoms with E-state index < -0.39 is 147 Å². The highest BCUT2D eigenvalue weighted by molar-refractivity contribution is 7.76. The van der Waals surface area contributed by atoms with Crippen LogP contribution in [-0.2, 0) is 94.0 Å². The molecule has 6 aromatic carbocycles. The van der Waals surface area contributed by atoms with Gasteiger partial charge in [0.25, 0.3) is 20.3 Å². The minimum atomic E-state index is -5.25. The Bertz CT molecular complexity index is 6380. The van der Waals surface area contributed by atoms with Crippen LogP contribution in [0.5, 0.6) is 0 Å². The van der Waals surface area contributed by atoms with Gasteiger partial charge >= 0.3 is 45.6 Å². The number of fused-ring (bicyclic) bond motifs is 6. The average molecular weight is 1970 g/mol. The summed E-state index contributed by atoms with van der Waals surface area (Å²) in [5.41, 5.74) is 12.4. The lowest BCUT2D eigenvalue weighted by Crippen LogP contribution is -2.33. The molecule has 0 fully saturated rings. The molecule has 0 saturated heterocycles. The Morgan fingerprint density at radius 1 is 0.290 bits per heavy atom. The number of aliphatic hydroxyl groups is 4. The Kier molecular flexibility index (Phi) is 32.1. The maximum atomic E-state index is 11.8. The lowest BCUT2D eigenvalue weighted by atomic mass is 10.2. The second-order valence-corrected chi connectivity index (χ2v) is 58.1. The van der Waals surface area contributed by atoms with Crippen LogP contribution in [0, 0.1) is 41.5 Å². The Balaban J connectivity index is 0.000000204. The molecule has 6 heterocycles. The molecule has 0 aliphatic heterocycles. The lowest BCUT2D eigenvalue weighted by Gasteiger charge is -2.31. The summed E-state index contributed by atoms with van der Waals surface area (Å²) >= 11 is 0. The van der Waals surface area contributed by atoms with E-state index in [1.165, 1.54) is 65.4 Å². The van der Waals surface area contributed by atoms with Crippen LogP contribution in [0.4, 0.5) is 0 Å². The zero-order chi connectivity index (χ0) is 94.5. The third kappa shape index (κ3) is 24.0. The highest BCUT2D eigenvalue weighted by Gasteiger charge is 2.61. The summed E-state index contributed by atoms with van der Waals surface area (Å²) < 4.78 is 148. The first-order valence-electron chi connectivity index (χ1n) is 35.5. The molecule has 684 valence electrons. The second kappa shape index (κ2) is 37.8. The lowest BCUT2D eigenvalue weighted by molar-refractivity contribution is 0.133. The van der Waals surface area contributed by atoms with E-state index in [1.807, 2.05) is 65.0 Å². The summed E-state index contributed by atoms with van der Waals surface area (Å²) in [5, 5.41) is 25.2. The molecule has 46 nitrogen and oxygen atoms in total. The molecule has 22 N–H and O–H groups in total. The molecule has 0 bridgehead atoms. The van der Waals surface area contributed by atoms with Crippen molar-refractivity contribution in [2.75, 3.05) is 40.0 Å². The number of rotatable bonds is 24. The Morgan fingerprint density at radius 2 is 0.565 bits per heavy atom. The first-order valence-corrected chi connectivity index (χ1v) is 58.1. The van der Waals surface area contributed by atoms with E-state index in [4.69, 9.17) is 0 Å². The minimum Gasteiger partial charge on any atom is -0.368 e. The largest absolute Gasteiger partial charge is 0.368 e.